The number of benzene rings is 2. The molecule has 0 unspecified atom stereocenters. The predicted octanol–water partition coefficient (Wildman–Crippen LogP) is 5.38. The second-order valence-electron chi connectivity index (χ2n) is 6.63. The highest BCUT2D eigenvalue weighted by molar-refractivity contribution is 7.99. The Labute approximate surface area is 184 Å². The Morgan fingerprint density at radius 1 is 1.17 bits per heavy atom. The fraction of sp³-hybridized carbons (Fsp3) is 0.364. The zero-order valence-corrected chi connectivity index (χ0v) is 19.5. The van der Waals surface area contributed by atoms with Gasteiger partial charge in [0.15, 0.2) is 4.80 Å². The molecule has 0 saturated heterocycles. The molecule has 0 N–H and O–H groups in total. The number of methoxy groups -OCH3 is 1. The van der Waals surface area contributed by atoms with Crippen LogP contribution in [0.5, 0.6) is 5.75 Å². The van der Waals surface area contributed by atoms with E-state index in [1.807, 2.05) is 18.2 Å². The molecule has 1 amide bonds. The van der Waals surface area contributed by atoms with Crippen LogP contribution in [0.1, 0.15) is 18.4 Å². The molecule has 0 bridgehead atoms. The van der Waals surface area contributed by atoms with Crippen molar-refractivity contribution in [2.75, 3.05) is 24.9 Å². The first-order valence-electron chi connectivity index (χ1n) is 9.54. The summed E-state index contributed by atoms with van der Waals surface area (Å²) in [6.45, 7) is 2.91. The first kappa shape index (κ1) is 22.0. The summed E-state index contributed by atoms with van der Waals surface area (Å²) in [7, 11) is 1.67. The standard InChI is InChI=1S/C22H26N2O2S3/c1-16-6-9-18(10-7-16)28-13-4-5-21(25)23-22-24(12-14-27-3)19-15-17(26-2)8-11-20(19)29-22/h6-11,15H,4-5,12-14H2,1-3H3. The zero-order chi connectivity index (χ0) is 20.6. The van der Waals surface area contributed by atoms with Crippen LogP contribution in [0.15, 0.2) is 52.4 Å². The van der Waals surface area contributed by atoms with E-state index in [-0.39, 0.29) is 5.91 Å². The van der Waals surface area contributed by atoms with Crippen LogP contribution < -0.4 is 9.54 Å². The van der Waals surface area contributed by atoms with Gasteiger partial charge < -0.3 is 9.30 Å². The third-order valence-electron chi connectivity index (χ3n) is 4.45. The first-order valence-corrected chi connectivity index (χ1v) is 12.7. The number of carbonyl (C=O) groups excluding carboxylic acids is 1. The van der Waals surface area contributed by atoms with E-state index in [4.69, 9.17) is 4.74 Å². The number of ether oxygens (including phenoxy) is 1. The molecular weight excluding hydrogens is 420 g/mol. The van der Waals surface area contributed by atoms with E-state index in [2.05, 4.69) is 47.0 Å². The summed E-state index contributed by atoms with van der Waals surface area (Å²) in [6, 6.07) is 14.5. The highest BCUT2D eigenvalue weighted by atomic mass is 32.2. The molecule has 0 aliphatic rings. The fourth-order valence-electron chi connectivity index (χ4n) is 2.87. The van der Waals surface area contributed by atoms with Crippen LogP contribution in [0, 0.1) is 6.92 Å². The number of hydrogen-bond acceptors (Lipinski definition) is 5. The van der Waals surface area contributed by atoms with Crippen LogP contribution in [0.3, 0.4) is 0 Å². The maximum absolute atomic E-state index is 12.5. The number of fused-ring (bicyclic) bond motifs is 1. The molecule has 0 radical (unpaired) electrons. The molecule has 3 aromatic rings. The fourth-order valence-corrected chi connectivity index (χ4v) is 5.14. The summed E-state index contributed by atoms with van der Waals surface area (Å²) in [5, 5.41) is 0. The Hall–Kier alpha value is -1.70. The molecule has 7 heteroatoms. The quantitative estimate of drug-likeness (QED) is 0.327. The topological polar surface area (TPSA) is 43.6 Å². The molecule has 4 nitrogen and oxygen atoms in total. The van der Waals surface area contributed by atoms with Crippen molar-refractivity contribution in [1.29, 1.82) is 0 Å². The molecule has 0 aliphatic carbocycles. The third-order valence-corrected chi connectivity index (χ3v) is 7.20. The lowest BCUT2D eigenvalue weighted by atomic mass is 10.2. The molecule has 154 valence electrons. The summed E-state index contributed by atoms with van der Waals surface area (Å²) >= 11 is 5.14. The summed E-state index contributed by atoms with van der Waals surface area (Å²) < 4.78 is 8.62. The Bertz CT molecular complexity index is 1020. The number of rotatable bonds is 9. The normalized spacial score (nSPS) is 11.9. The average Bonchev–Trinajstić information content (AvgIpc) is 3.06. The Kier molecular flexibility index (Phi) is 8.27. The van der Waals surface area contributed by atoms with Crippen molar-refractivity contribution < 1.29 is 9.53 Å². The minimum atomic E-state index is -0.0501. The van der Waals surface area contributed by atoms with Gasteiger partial charge in [-0.2, -0.15) is 16.8 Å². The van der Waals surface area contributed by atoms with Crippen LogP contribution in [0.4, 0.5) is 0 Å². The molecule has 2 aromatic carbocycles. The maximum Gasteiger partial charge on any atom is 0.248 e. The largest absolute Gasteiger partial charge is 0.497 e. The molecule has 0 aliphatic heterocycles. The second-order valence-corrected chi connectivity index (χ2v) is 9.80. The number of aromatic nitrogens is 1. The van der Waals surface area contributed by atoms with Gasteiger partial charge in [-0.15, -0.1) is 11.8 Å². The smallest absolute Gasteiger partial charge is 0.248 e. The Morgan fingerprint density at radius 2 is 1.97 bits per heavy atom. The van der Waals surface area contributed by atoms with Gasteiger partial charge in [-0.25, -0.2) is 0 Å². The van der Waals surface area contributed by atoms with E-state index in [1.165, 1.54) is 10.5 Å². The van der Waals surface area contributed by atoms with Crippen molar-refractivity contribution in [3.05, 3.63) is 52.8 Å². The number of thiazole rings is 1. The van der Waals surface area contributed by atoms with E-state index >= 15 is 0 Å². The molecule has 0 fully saturated rings. The Morgan fingerprint density at radius 3 is 2.69 bits per heavy atom. The lowest BCUT2D eigenvalue weighted by Gasteiger charge is -2.05. The number of thioether (sulfide) groups is 2. The van der Waals surface area contributed by atoms with Crippen molar-refractivity contribution >= 4 is 51.0 Å². The SMILES string of the molecule is COc1ccc2sc(=NC(=O)CCCSc3ccc(C)cc3)n(CCSC)c2c1. The van der Waals surface area contributed by atoms with Crippen LogP contribution in [-0.4, -0.2) is 35.3 Å². The van der Waals surface area contributed by atoms with Crippen molar-refractivity contribution in [3.8, 4) is 5.75 Å². The van der Waals surface area contributed by atoms with Gasteiger partial charge in [0.25, 0.3) is 0 Å². The van der Waals surface area contributed by atoms with E-state index in [1.54, 1.807) is 42.0 Å². The molecule has 29 heavy (non-hydrogen) atoms. The number of carbonyl (C=O) groups is 1. The van der Waals surface area contributed by atoms with Gasteiger partial charge in [0.2, 0.25) is 5.91 Å². The lowest BCUT2D eigenvalue weighted by Crippen LogP contribution is -2.18. The van der Waals surface area contributed by atoms with Gasteiger partial charge in [0, 0.05) is 29.7 Å². The average molecular weight is 447 g/mol. The van der Waals surface area contributed by atoms with Crippen molar-refractivity contribution in [1.82, 2.24) is 4.57 Å². The summed E-state index contributed by atoms with van der Waals surface area (Å²) in [6.07, 6.45) is 3.38. The number of amides is 1. The van der Waals surface area contributed by atoms with Gasteiger partial charge in [-0.1, -0.05) is 29.0 Å². The molecule has 1 aromatic heterocycles. The Balaban J connectivity index is 1.68. The predicted molar refractivity (Wildman–Crippen MR) is 126 cm³/mol. The molecule has 0 atom stereocenters. The summed E-state index contributed by atoms with van der Waals surface area (Å²) in [5.41, 5.74) is 2.34. The van der Waals surface area contributed by atoms with E-state index in [9.17, 15) is 4.79 Å². The van der Waals surface area contributed by atoms with Crippen LogP contribution >= 0.6 is 34.9 Å². The summed E-state index contributed by atoms with van der Waals surface area (Å²) in [4.78, 5) is 18.9. The van der Waals surface area contributed by atoms with Crippen LogP contribution in [0.25, 0.3) is 10.2 Å². The lowest BCUT2D eigenvalue weighted by molar-refractivity contribution is -0.118. The van der Waals surface area contributed by atoms with Crippen molar-refractivity contribution in [3.63, 3.8) is 0 Å². The number of nitrogens with zero attached hydrogens (tertiary/aromatic N) is 2. The highest BCUT2D eigenvalue weighted by Crippen LogP contribution is 2.23. The first-order chi connectivity index (χ1) is 14.1. The van der Waals surface area contributed by atoms with Gasteiger partial charge in [-0.3, -0.25) is 4.79 Å². The van der Waals surface area contributed by atoms with E-state index < -0.39 is 0 Å². The van der Waals surface area contributed by atoms with Crippen molar-refractivity contribution in [2.24, 2.45) is 4.99 Å². The molecular formula is C22H26N2O2S3. The molecule has 0 saturated carbocycles. The minimum absolute atomic E-state index is 0.0501. The van der Waals surface area contributed by atoms with Gasteiger partial charge in [0.1, 0.15) is 5.75 Å². The number of hydrogen-bond donors (Lipinski definition) is 0. The zero-order valence-electron chi connectivity index (χ0n) is 17.0. The van der Waals surface area contributed by atoms with E-state index in [0.717, 1.165) is 45.2 Å². The van der Waals surface area contributed by atoms with Crippen LogP contribution in [-0.2, 0) is 11.3 Å². The van der Waals surface area contributed by atoms with Gasteiger partial charge in [-0.05, 0) is 49.6 Å². The second kappa shape index (κ2) is 10.9. The third kappa shape index (κ3) is 6.14. The van der Waals surface area contributed by atoms with Crippen LogP contribution in [0.2, 0.25) is 0 Å². The van der Waals surface area contributed by atoms with E-state index in [0.29, 0.717) is 6.42 Å². The monoisotopic (exact) mass is 446 g/mol. The number of aryl methyl sites for hydroxylation is 2. The van der Waals surface area contributed by atoms with Gasteiger partial charge >= 0.3 is 0 Å². The minimum Gasteiger partial charge on any atom is -0.497 e. The molecule has 0 spiro atoms. The molecule has 1 heterocycles. The van der Waals surface area contributed by atoms with Gasteiger partial charge in [0.05, 0.1) is 17.3 Å². The maximum atomic E-state index is 12.5. The molecule has 3 rings (SSSR count). The summed E-state index contributed by atoms with van der Waals surface area (Å²) in [5.74, 6) is 2.66. The van der Waals surface area contributed by atoms with Crippen molar-refractivity contribution in [2.45, 2.75) is 31.2 Å². The highest BCUT2D eigenvalue weighted by Gasteiger charge is 2.09.